The number of benzene rings is 3. The van der Waals surface area contributed by atoms with E-state index in [1.807, 2.05) is 6.07 Å². The molecule has 1 unspecified atom stereocenters. The number of para-hydroxylation sites is 1. The monoisotopic (exact) mass is 499 g/mol. The zero-order chi connectivity index (χ0) is 25.4. The van der Waals surface area contributed by atoms with Crippen molar-refractivity contribution in [2.45, 2.75) is 25.1 Å². The van der Waals surface area contributed by atoms with E-state index in [4.69, 9.17) is 22.1 Å². The van der Waals surface area contributed by atoms with Crippen molar-refractivity contribution in [2.75, 3.05) is 0 Å². The van der Waals surface area contributed by atoms with Gasteiger partial charge in [0.25, 0.3) is 0 Å². The number of aromatic nitrogens is 3. The molecule has 11 heteroatoms. The van der Waals surface area contributed by atoms with E-state index in [0.717, 1.165) is 10.9 Å². The van der Waals surface area contributed by atoms with Crippen LogP contribution in [0.3, 0.4) is 0 Å². The average Bonchev–Trinajstić information content (AvgIpc) is 3.19. The van der Waals surface area contributed by atoms with Gasteiger partial charge in [0, 0.05) is 10.6 Å². The van der Waals surface area contributed by atoms with Gasteiger partial charge in [-0.3, -0.25) is 4.79 Å². The molecule has 0 aliphatic heterocycles. The van der Waals surface area contributed by atoms with E-state index in [0.29, 0.717) is 11.5 Å². The molecule has 1 heterocycles. The largest absolute Gasteiger partial charge is 0.457 e. The predicted octanol–water partition coefficient (Wildman–Crippen LogP) is 5.48. The summed E-state index contributed by atoms with van der Waals surface area (Å²) in [6.07, 6.45) is -4.70. The van der Waals surface area contributed by atoms with E-state index in [2.05, 4.69) is 16.3 Å². The van der Waals surface area contributed by atoms with Crippen molar-refractivity contribution in [1.82, 2.24) is 15.0 Å². The van der Waals surface area contributed by atoms with Crippen LogP contribution in [-0.4, -0.2) is 20.9 Å². The molecule has 178 valence electrons. The van der Waals surface area contributed by atoms with Gasteiger partial charge in [-0.15, -0.1) is 0 Å². The first-order chi connectivity index (χ1) is 16.5. The summed E-state index contributed by atoms with van der Waals surface area (Å²) < 4.78 is 46.3. The summed E-state index contributed by atoms with van der Waals surface area (Å²) in [6.45, 7) is 1.23. The van der Waals surface area contributed by atoms with Crippen molar-refractivity contribution >= 4 is 28.5 Å². The minimum Gasteiger partial charge on any atom is -0.457 e. The Bertz CT molecular complexity index is 1460. The van der Waals surface area contributed by atoms with E-state index in [-0.39, 0.29) is 28.2 Å². The standard InChI is InChI=1S/C24H17ClF3N5O2/c1-23(12-29,13-33-31-20-10-14(25)9-19(21(20)32-33)24(26,27)28)18-11-16(7-8-17(18)22(30)34)35-15-5-3-2-4-6-15/h2-11H,13H2,1H3,(H2,30,34). The van der Waals surface area contributed by atoms with Crippen molar-refractivity contribution in [3.05, 3.63) is 82.4 Å². The summed E-state index contributed by atoms with van der Waals surface area (Å²) in [7, 11) is 0. The molecule has 1 amide bonds. The zero-order valence-electron chi connectivity index (χ0n) is 18.2. The lowest BCUT2D eigenvalue weighted by Gasteiger charge is -2.24. The van der Waals surface area contributed by atoms with Crippen LogP contribution in [0.1, 0.15) is 28.4 Å². The smallest absolute Gasteiger partial charge is 0.418 e. The summed E-state index contributed by atoms with van der Waals surface area (Å²) in [4.78, 5) is 13.1. The maximum Gasteiger partial charge on any atom is 0.418 e. The average molecular weight is 500 g/mol. The Kier molecular flexibility index (Phi) is 6.13. The molecule has 0 saturated heterocycles. The Balaban J connectivity index is 1.78. The maximum atomic E-state index is 13.5. The molecule has 35 heavy (non-hydrogen) atoms. The van der Waals surface area contributed by atoms with Gasteiger partial charge in [0.2, 0.25) is 5.91 Å². The number of amides is 1. The van der Waals surface area contributed by atoms with Crippen LogP contribution < -0.4 is 10.5 Å². The number of rotatable bonds is 6. The molecule has 0 bridgehead atoms. The van der Waals surface area contributed by atoms with Crippen LogP contribution in [0.15, 0.2) is 60.7 Å². The second kappa shape index (κ2) is 8.92. The molecule has 0 radical (unpaired) electrons. The van der Waals surface area contributed by atoms with Crippen LogP contribution in [0.2, 0.25) is 5.02 Å². The Labute approximate surface area is 202 Å². The number of alkyl halides is 3. The number of hydrogen-bond donors (Lipinski definition) is 1. The lowest BCUT2D eigenvalue weighted by molar-refractivity contribution is -0.136. The molecule has 0 spiro atoms. The molecule has 7 nitrogen and oxygen atoms in total. The highest BCUT2D eigenvalue weighted by molar-refractivity contribution is 6.31. The molecular formula is C24H17ClF3N5O2. The summed E-state index contributed by atoms with van der Waals surface area (Å²) >= 11 is 5.84. The number of hydrogen-bond acceptors (Lipinski definition) is 5. The SMILES string of the molecule is CC(C#N)(Cn1nc2cc(Cl)cc(C(F)(F)F)c2n1)c1cc(Oc2ccccc2)ccc1C(N)=O. The number of fused-ring (bicyclic) bond motifs is 1. The fourth-order valence-electron chi connectivity index (χ4n) is 3.66. The van der Waals surface area contributed by atoms with Gasteiger partial charge >= 0.3 is 6.18 Å². The van der Waals surface area contributed by atoms with Crippen molar-refractivity contribution < 1.29 is 22.7 Å². The second-order valence-corrected chi connectivity index (χ2v) is 8.42. The predicted molar refractivity (Wildman–Crippen MR) is 122 cm³/mol. The minimum atomic E-state index is -4.70. The molecule has 0 fully saturated rings. The molecular weight excluding hydrogens is 483 g/mol. The Morgan fingerprint density at radius 1 is 1.09 bits per heavy atom. The van der Waals surface area contributed by atoms with Gasteiger partial charge in [0.15, 0.2) is 0 Å². The Morgan fingerprint density at radius 3 is 2.43 bits per heavy atom. The fraction of sp³-hybridized carbons (Fsp3) is 0.167. The summed E-state index contributed by atoms with van der Waals surface area (Å²) in [5, 5.41) is 18.0. The van der Waals surface area contributed by atoms with Gasteiger partial charge in [-0.25, -0.2) is 0 Å². The number of primary amides is 1. The van der Waals surface area contributed by atoms with E-state index >= 15 is 0 Å². The van der Waals surface area contributed by atoms with Gasteiger partial charge in [-0.2, -0.15) is 33.4 Å². The van der Waals surface area contributed by atoms with Crippen LogP contribution in [0.25, 0.3) is 11.0 Å². The van der Waals surface area contributed by atoms with E-state index in [9.17, 15) is 23.2 Å². The van der Waals surface area contributed by atoms with Gasteiger partial charge in [0.1, 0.15) is 27.9 Å². The quantitative estimate of drug-likeness (QED) is 0.378. The molecule has 3 aromatic carbocycles. The molecule has 2 N–H and O–H groups in total. The number of carbonyl (C=O) groups excluding carboxylic acids is 1. The van der Waals surface area contributed by atoms with Gasteiger partial charge in [-0.05, 0) is 55.0 Å². The summed E-state index contributed by atoms with van der Waals surface area (Å²) in [5.41, 5.74) is 2.83. The van der Waals surface area contributed by atoms with E-state index in [1.165, 1.54) is 31.2 Å². The van der Waals surface area contributed by atoms with Crippen LogP contribution in [0, 0.1) is 11.3 Å². The summed E-state index contributed by atoms with van der Waals surface area (Å²) in [5.74, 6) is 0.0837. The minimum absolute atomic E-state index is 0.0604. The highest BCUT2D eigenvalue weighted by atomic mass is 35.5. The third-order valence-corrected chi connectivity index (χ3v) is 5.55. The van der Waals surface area contributed by atoms with Crippen molar-refractivity contribution in [1.29, 1.82) is 5.26 Å². The summed E-state index contributed by atoms with van der Waals surface area (Å²) in [6, 6.07) is 17.4. The molecule has 0 aliphatic rings. The van der Waals surface area contributed by atoms with Crippen LogP contribution in [0.4, 0.5) is 13.2 Å². The number of nitriles is 1. The first kappa shape index (κ1) is 24.0. The highest BCUT2D eigenvalue weighted by Crippen LogP contribution is 2.37. The molecule has 0 saturated carbocycles. The van der Waals surface area contributed by atoms with Gasteiger partial charge in [0.05, 0.1) is 18.2 Å². The highest BCUT2D eigenvalue weighted by Gasteiger charge is 2.36. The van der Waals surface area contributed by atoms with Crippen molar-refractivity contribution in [3.63, 3.8) is 0 Å². The second-order valence-electron chi connectivity index (χ2n) is 7.98. The van der Waals surface area contributed by atoms with Gasteiger partial charge in [-0.1, -0.05) is 29.8 Å². The zero-order valence-corrected chi connectivity index (χ0v) is 18.9. The number of ether oxygens (including phenoxy) is 1. The maximum absolute atomic E-state index is 13.5. The lowest BCUT2D eigenvalue weighted by atomic mass is 9.81. The number of nitrogens with zero attached hydrogens (tertiary/aromatic N) is 4. The Hall–Kier alpha value is -4.10. The number of carbonyl (C=O) groups is 1. The number of nitrogens with two attached hydrogens (primary N) is 1. The van der Waals surface area contributed by atoms with Crippen molar-refractivity contribution in [2.24, 2.45) is 5.73 Å². The molecule has 0 aliphatic carbocycles. The molecule has 4 aromatic rings. The first-order valence-electron chi connectivity index (χ1n) is 10.2. The number of halogens is 4. The van der Waals surface area contributed by atoms with Crippen LogP contribution >= 0.6 is 11.6 Å². The third kappa shape index (κ3) is 4.90. The van der Waals surface area contributed by atoms with Crippen molar-refractivity contribution in [3.8, 4) is 17.6 Å². The molecule has 1 aromatic heterocycles. The molecule has 1 atom stereocenters. The molecule has 4 rings (SSSR count). The van der Waals surface area contributed by atoms with Crippen LogP contribution in [-0.2, 0) is 18.1 Å². The van der Waals surface area contributed by atoms with E-state index in [1.54, 1.807) is 24.3 Å². The topological polar surface area (TPSA) is 107 Å². The first-order valence-corrected chi connectivity index (χ1v) is 10.6. The third-order valence-electron chi connectivity index (χ3n) is 5.33. The lowest BCUT2D eigenvalue weighted by Crippen LogP contribution is -2.31. The normalized spacial score (nSPS) is 13.3. The fourth-order valence-corrected chi connectivity index (χ4v) is 3.87. The van der Waals surface area contributed by atoms with Gasteiger partial charge < -0.3 is 10.5 Å². The Morgan fingerprint density at radius 2 is 1.80 bits per heavy atom. The van der Waals surface area contributed by atoms with E-state index < -0.39 is 28.6 Å². The van der Waals surface area contributed by atoms with Crippen LogP contribution in [0.5, 0.6) is 11.5 Å².